The Hall–Kier alpha value is -1.65. The van der Waals surface area contributed by atoms with Crippen molar-refractivity contribution in [1.29, 1.82) is 0 Å². The molecular formula is C16H18N2O2. The van der Waals surface area contributed by atoms with Gasteiger partial charge in [0.05, 0.1) is 36.5 Å². The zero-order valence-corrected chi connectivity index (χ0v) is 11.5. The van der Waals surface area contributed by atoms with E-state index in [1.807, 2.05) is 25.5 Å². The van der Waals surface area contributed by atoms with E-state index in [1.54, 1.807) is 0 Å². The van der Waals surface area contributed by atoms with Gasteiger partial charge in [-0.25, -0.2) is 4.98 Å². The van der Waals surface area contributed by atoms with Crippen LogP contribution >= 0.6 is 0 Å². The van der Waals surface area contributed by atoms with Gasteiger partial charge in [-0.05, 0) is 18.9 Å². The van der Waals surface area contributed by atoms with Gasteiger partial charge in [-0.3, -0.25) is 0 Å². The number of aromatic nitrogens is 2. The molecule has 104 valence electrons. The van der Waals surface area contributed by atoms with Crippen LogP contribution in [0.1, 0.15) is 24.9 Å². The Morgan fingerprint density at radius 1 is 1.40 bits per heavy atom. The number of ether oxygens (including phenoxy) is 1. The number of aliphatic hydroxyl groups is 1. The van der Waals surface area contributed by atoms with Gasteiger partial charge < -0.3 is 14.4 Å². The highest BCUT2D eigenvalue weighted by Crippen LogP contribution is 2.47. The molecule has 0 bridgehead atoms. The van der Waals surface area contributed by atoms with Gasteiger partial charge in [0.25, 0.3) is 0 Å². The van der Waals surface area contributed by atoms with Gasteiger partial charge in [0.1, 0.15) is 0 Å². The first-order valence-corrected chi connectivity index (χ1v) is 7.10. The minimum atomic E-state index is -0.706. The molecule has 0 saturated carbocycles. The molecular weight excluding hydrogens is 252 g/mol. The largest absolute Gasteiger partial charge is 0.390 e. The van der Waals surface area contributed by atoms with E-state index < -0.39 is 5.60 Å². The van der Waals surface area contributed by atoms with Gasteiger partial charge in [0.2, 0.25) is 0 Å². The highest BCUT2D eigenvalue weighted by molar-refractivity contribution is 5.69. The van der Waals surface area contributed by atoms with E-state index in [-0.39, 0.29) is 12.0 Å². The van der Waals surface area contributed by atoms with E-state index in [1.165, 1.54) is 11.1 Å². The van der Waals surface area contributed by atoms with Crippen molar-refractivity contribution in [3.05, 3.63) is 42.4 Å². The predicted octanol–water partition coefficient (Wildman–Crippen LogP) is 2.24. The van der Waals surface area contributed by atoms with Crippen molar-refractivity contribution in [2.45, 2.75) is 25.0 Å². The summed E-state index contributed by atoms with van der Waals surface area (Å²) in [5.41, 5.74) is 2.91. The van der Waals surface area contributed by atoms with Crippen LogP contribution in [0.4, 0.5) is 0 Å². The van der Waals surface area contributed by atoms with Crippen LogP contribution in [0.3, 0.4) is 0 Å². The third kappa shape index (κ3) is 1.58. The van der Waals surface area contributed by atoms with Crippen LogP contribution < -0.4 is 0 Å². The Morgan fingerprint density at radius 3 is 3.10 bits per heavy atom. The summed E-state index contributed by atoms with van der Waals surface area (Å²) in [6.45, 7) is 3.15. The van der Waals surface area contributed by atoms with Gasteiger partial charge in [-0.15, -0.1) is 0 Å². The van der Waals surface area contributed by atoms with Crippen LogP contribution in [0, 0.1) is 5.92 Å². The smallest absolute Gasteiger partial charge is 0.0956 e. The number of imidazole rings is 1. The summed E-state index contributed by atoms with van der Waals surface area (Å²) in [5.74, 6) is 0.0489. The van der Waals surface area contributed by atoms with Crippen LogP contribution in [0.25, 0.3) is 11.3 Å². The molecule has 4 nitrogen and oxygen atoms in total. The summed E-state index contributed by atoms with van der Waals surface area (Å²) in [5, 5.41) is 10.8. The van der Waals surface area contributed by atoms with Crippen molar-refractivity contribution in [1.82, 2.24) is 9.55 Å². The normalized spacial score (nSPS) is 31.9. The van der Waals surface area contributed by atoms with Crippen molar-refractivity contribution in [2.75, 3.05) is 13.2 Å². The Kier molecular flexibility index (Phi) is 2.53. The van der Waals surface area contributed by atoms with Crippen molar-refractivity contribution < 1.29 is 9.84 Å². The van der Waals surface area contributed by atoms with Crippen LogP contribution in [-0.4, -0.2) is 33.5 Å². The Morgan fingerprint density at radius 2 is 2.25 bits per heavy atom. The number of hydrogen-bond donors (Lipinski definition) is 1. The van der Waals surface area contributed by atoms with Crippen molar-refractivity contribution in [2.24, 2.45) is 5.92 Å². The SMILES string of the molecule is C[C@@]1(O)CCOC[C@H]1C1c2ccccc2-c2cncn21. The third-order valence-corrected chi connectivity index (χ3v) is 4.75. The van der Waals surface area contributed by atoms with Crippen LogP contribution in [0.15, 0.2) is 36.8 Å². The lowest BCUT2D eigenvalue weighted by Gasteiger charge is -2.41. The zero-order valence-electron chi connectivity index (χ0n) is 11.5. The zero-order chi connectivity index (χ0) is 13.7. The molecule has 2 aliphatic heterocycles. The molecule has 4 rings (SSSR count). The lowest BCUT2D eigenvalue weighted by molar-refractivity contribution is -0.112. The fraction of sp³-hybridized carbons (Fsp3) is 0.438. The molecule has 0 aliphatic carbocycles. The van der Waals surface area contributed by atoms with Crippen LogP contribution in [-0.2, 0) is 4.74 Å². The predicted molar refractivity (Wildman–Crippen MR) is 75.4 cm³/mol. The number of hydrogen-bond acceptors (Lipinski definition) is 3. The highest BCUT2D eigenvalue weighted by atomic mass is 16.5. The average molecular weight is 270 g/mol. The maximum Gasteiger partial charge on any atom is 0.0956 e. The first-order valence-electron chi connectivity index (χ1n) is 7.10. The van der Waals surface area contributed by atoms with Crippen molar-refractivity contribution >= 4 is 0 Å². The summed E-state index contributed by atoms with van der Waals surface area (Å²) in [6, 6.07) is 8.50. The molecule has 0 radical (unpaired) electrons. The molecule has 4 heteroatoms. The van der Waals surface area contributed by atoms with E-state index >= 15 is 0 Å². The van der Waals surface area contributed by atoms with E-state index in [9.17, 15) is 5.11 Å². The first kappa shape index (κ1) is 12.1. The summed E-state index contributed by atoms with van der Waals surface area (Å²) < 4.78 is 7.82. The minimum Gasteiger partial charge on any atom is -0.390 e. The minimum absolute atomic E-state index is 0.0489. The van der Waals surface area contributed by atoms with Crippen LogP contribution in [0.2, 0.25) is 0 Å². The average Bonchev–Trinajstić information content (AvgIpc) is 3.00. The van der Waals surface area contributed by atoms with E-state index in [0.29, 0.717) is 19.6 Å². The quantitative estimate of drug-likeness (QED) is 0.864. The van der Waals surface area contributed by atoms with Crippen molar-refractivity contribution in [3.8, 4) is 11.3 Å². The number of rotatable bonds is 1. The third-order valence-electron chi connectivity index (χ3n) is 4.75. The van der Waals surface area contributed by atoms with Gasteiger partial charge in [-0.2, -0.15) is 0 Å². The second kappa shape index (κ2) is 4.17. The summed E-state index contributed by atoms with van der Waals surface area (Å²) >= 11 is 0. The lowest BCUT2D eigenvalue weighted by atomic mass is 9.78. The summed E-state index contributed by atoms with van der Waals surface area (Å²) in [7, 11) is 0. The molecule has 3 heterocycles. The van der Waals surface area contributed by atoms with Gasteiger partial charge >= 0.3 is 0 Å². The second-order valence-corrected chi connectivity index (χ2v) is 6.01. The standard InChI is InChI=1S/C16H18N2O2/c1-16(19)6-7-20-9-13(16)15-12-5-3-2-4-11(12)14-8-17-10-18(14)15/h2-5,8,10,13,15,19H,6-7,9H2,1H3/t13-,15?,16+/m0/s1. The fourth-order valence-electron chi connectivity index (χ4n) is 3.57. The fourth-order valence-corrected chi connectivity index (χ4v) is 3.57. The Labute approximate surface area is 118 Å². The molecule has 0 amide bonds. The monoisotopic (exact) mass is 270 g/mol. The maximum absolute atomic E-state index is 10.8. The Bertz CT molecular complexity index is 647. The topological polar surface area (TPSA) is 47.3 Å². The Balaban J connectivity index is 1.86. The van der Waals surface area contributed by atoms with Crippen molar-refractivity contribution in [3.63, 3.8) is 0 Å². The summed E-state index contributed by atoms with van der Waals surface area (Å²) in [4.78, 5) is 4.28. The van der Waals surface area contributed by atoms with Gasteiger partial charge in [-0.1, -0.05) is 24.3 Å². The molecule has 1 unspecified atom stereocenters. The number of fused-ring (bicyclic) bond motifs is 3. The summed E-state index contributed by atoms with van der Waals surface area (Å²) in [6.07, 6.45) is 4.45. The molecule has 1 aromatic carbocycles. The molecule has 1 fully saturated rings. The second-order valence-electron chi connectivity index (χ2n) is 6.01. The highest BCUT2D eigenvalue weighted by Gasteiger charge is 2.45. The van der Waals surface area contributed by atoms with E-state index in [2.05, 4.69) is 27.8 Å². The van der Waals surface area contributed by atoms with Crippen LogP contribution in [0.5, 0.6) is 0 Å². The number of benzene rings is 1. The van der Waals surface area contributed by atoms with Gasteiger partial charge in [0, 0.05) is 18.1 Å². The first-order chi connectivity index (χ1) is 9.68. The maximum atomic E-state index is 10.8. The van der Waals surface area contributed by atoms with E-state index in [4.69, 9.17) is 4.74 Å². The number of nitrogens with zero attached hydrogens (tertiary/aromatic N) is 2. The molecule has 20 heavy (non-hydrogen) atoms. The molecule has 1 saturated heterocycles. The van der Waals surface area contributed by atoms with Gasteiger partial charge in [0.15, 0.2) is 0 Å². The molecule has 2 aromatic rings. The molecule has 0 spiro atoms. The molecule has 3 atom stereocenters. The molecule has 1 aromatic heterocycles. The molecule has 2 aliphatic rings. The lowest BCUT2D eigenvalue weighted by Crippen LogP contribution is -2.46. The van der Waals surface area contributed by atoms with E-state index in [0.717, 1.165) is 5.69 Å². The molecule has 1 N–H and O–H groups in total.